The lowest BCUT2D eigenvalue weighted by molar-refractivity contribution is -0.128. The Morgan fingerprint density at radius 1 is 1.20 bits per heavy atom. The van der Waals surface area contributed by atoms with Crippen molar-refractivity contribution < 1.29 is 4.79 Å². The third kappa shape index (κ3) is 3.95. The summed E-state index contributed by atoms with van der Waals surface area (Å²) in [6.07, 6.45) is 8.63. The summed E-state index contributed by atoms with van der Waals surface area (Å²) in [7, 11) is 2.18. The molecular formula is C16H31N3O. The van der Waals surface area contributed by atoms with Crippen LogP contribution in [-0.4, -0.2) is 43.0 Å². The van der Waals surface area contributed by atoms with Crippen LogP contribution < -0.4 is 11.1 Å². The molecule has 2 saturated carbocycles. The molecule has 20 heavy (non-hydrogen) atoms. The minimum Gasteiger partial charge on any atom is -0.355 e. The van der Waals surface area contributed by atoms with E-state index >= 15 is 0 Å². The quantitative estimate of drug-likeness (QED) is 0.807. The molecule has 0 bridgehead atoms. The highest BCUT2D eigenvalue weighted by atomic mass is 16.1. The average Bonchev–Trinajstić information content (AvgIpc) is 2.92. The molecule has 0 saturated heterocycles. The molecule has 2 aliphatic rings. The highest BCUT2D eigenvalue weighted by Crippen LogP contribution is 2.29. The van der Waals surface area contributed by atoms with Crippen LogP contribution in [0.4, 0.5) is 0 Å². The normalized spacial score (nSPS) is 31.7. The van der Waals surface area contributed by atoms with E-state index in [1.807, 2.05) is 0 Å². The van der Waals surface area contributed by atoms with E-state index in [1.165, 1.54) is 25.7 Å². The fraction of sp³-hybridized carbons (Fsp3) is 0.938. The number of nitrogens with zero attached hydrogens (tertiary/aromatic N) is 1. The number of carbonyl (C=O) groups is 1. The number of nitrogens with one attached hydrogen (secondary N) is 1. The smallest absolute Gasteiger partial charge is 0.224 e. The summed E-state index contributed by atoms with van der Waals surface area (Å²) in [6, 6.07) is 0.772. The first-order valence-electron chi connectivity index (χ1n) is 8.33. The highest BCUT2D eigenvalue weighted by Gasteiger charge is 2.33. The van der Waals surface area contributed by atoms with Crippen molar-refractivity contribution in [3.63, 3.8) is 0 Å². The molecule has 0 radical (unpaired) electrons. The molecule has 0 aromatic carbocycles. The fourth-order valence-corrected chi connectivity index (χ4v) is 3.91. The number of likely N-dealkylation sites (N-methyl/N-ethyl adjacent to an activating group) is 1. The Hall–Kier alpha value is -0.610. The van der Waals surface area contributed by atoms with Crippen LogP contribution in [0.2, 0.25) is 0 Å². The number of amides is 1. The Morgan fingerprint density at radius 2 is 1.90 bits per heavy atom. The molecule has 3 unspecified atom stereocenters. The van der Waals surface area contributed by atoms with Gasteiger partial charge in [0.15, 0.2) is 0 Å². The van der Waals surface area contributed by atoms with Crippen LogP contribution in [0.5, 0.6) is 0 Å². The SMILES string of the molecule is CC1CCCC(N)C1C(=O)NCCN(C)C1CCCC1. The van der Waals surface area contributed by atoms with Gasteiger partial charge in [0.05, 0.1) is 5.92 Å². The maximum Gasteiger partial charge on any atom is 0.224 e. The van der Waals surface area contributed by atoms with Crippen LogP contribution in [-0.2, 0) is 4.79 Å². The van der Waals surface area contributed by atoms with E-state index in [0.29, 0.717) is 5.92 Å². The Morgan fingerprint density at radius 3 is 2.55 bits per heavy atom. The number of hydrogen-bond donors (Lipinski definition) is 2. The van der Waals surface area contributed by atoms with Crippen LogP contribution in [0.15, 0.2) is 0 Å². The Kier molecular flexibility index (Phi) is 5.85. The van der Waals surface area contributed by atoms with Crippen molar-refractivity contribution in [2.75, 3.05) is 20.1 Å². The summed E-state index contributed by atoms with van der Waals surface area (Å²) in [6.45, 7) is 3.86. The molecule has 2 rings (SSSR count). The number of hydrogen-bond acceptors (Lipinski definition) is 3. The fourth-order valence-electron chi connectivity index (χ4n) is 3.91. The Balaban J connectivity index is 1.71. The van der Waals surface area contributed by atoms with Crippen LogP contribution in [0.3, 0.4) is 0 Å². The first-order valence-corrected chi connectivity index (χ1v) is 8.33. The lowest BCUT2D eigenvalue weighted by atomic mass is 9.76. The van der Waals surface area contributed by atoms with Gasteiger partial charge >= 0.3 is 0 Å². The van der Waals surface area contributed by atoms with Crippen LogP contribution in [0.1, 0.15) is 51.9 Å². The predicted molar refractivity (Wildman–Crippen MR) is 82.4 cm³/mol. The van der Waals surface area contributed by atoms with Crippen molar-refractivity contribution in [1.29, 1.82) is 0 Å². The maximum absolute atomic E-state index is 12.3. The van der Waals surface area contributed by atoms with Crippen LogP contribution in [0.25, 0.3) is 0 Å². The lowest BCUT2D eigenvalue weighted by Crippen LogP contribution is -2.48. The van der Waals surface area contributed by atoms with Gasteiger partial charge in [-0.25, -0.2) is 0 Å². The average molecular weight is 281 g/mol. The minimum absolute atomic E-state index is 0.0144. The predicted octanol–water partition coefficient (Wildman–Crippen LogP) is 1.74. The van der Waals surface area contributed by atoms with Crippen molar-refractivity contribution in [3.05, 3.63) is 0 Å². The lowest BCUT2D eigenvalue weighted by Gasteiger charge is -2.33. The van der Waals surface area contributed by atoms with Gasteiger partial charge in [0.2, 0.25) is 5.91 Å². The van der Waals surface area contributed by atoms with Crippen molar-refractivity contribution in [2.24, 2.45) is 17.6 Å². The molecule has 3 atom stereocenters. The van der Waals surface area contributed by atoms with Crippen molar-refractivity contribution >= 4 is 5.91 Å². The first-order chi connectivity index (χ1) is 9.59. The standard InChI is InChI=1S/C16H31N3O/c1-12-6-5-9-14(17)15(12)16(20)18-10-11-19(2)13-7-3-4-8-13/h12-15H,3-11,17H2,1-2H3,(H,18,20). The van der Waals surface area contributed by atoms with Crippen molar-refractivity contribution in [3.8, 4) is 0 Å². The zero-order valence-corrected chi connectivity index (χ0v) is 13.1. The van der Waals surface area contributed by atoms with E-state index in [1.54, 1.807) is 0 Å². The van der Waals surface area contributed by atoms with Gasteiger partial charge in [0, 0.05) is 25.2 Å². The first kappa shape index (κ1) is 15.8. The summed E-state index contributed by atoms with van der Waals surface area (Å²) in [4.78, 5) is 14.7. The molecule has 1 amide bonds. The molecule has 0 heterocycles. The van der Waals surface area contributed by atoms with Crippen LogP contribution >= 0.6 is 0 Å². The molecule has 4 nitrogen and oxygen atoms in total. The van der Waals surface area contributed by atoms with Crippen molar-refractivity contribution in [2.45, 2.75) is 64.0 Å². The van der Waals surface area contributed by atoms with E-state index in [4.69, 9.17) is 5.73 Å². The topological polar surface area (TPSA) is 58.4 Å². The molecule has 3 N–H and O–H groups in total. The second kappa shape index (κ2) is 7.41. The maximum atomic E-state index is 12.3. The van der Waals surface area contributed by atoms with E-state index in [9.17, 15) is 4.79 Å². The molecule has 2 aliphatic carbocycles. The second-order valence-electron chi connectivity index (χ2n) is 6.81. The van der Waals surface area contributed by atoms with Gasteiger partial charge in [-0.05, 0) is 38.6 Å². The van der Waals surface area contributed by atoms with E-state index in [2.05, 4.69) is 24.2 Å². The summed E-state index contributed by atoms with van der Waals surface area (Å²) in [5.74, 6) is 0.608. The van der Waals surface area contributed by atoms with E-state index in [0.717, 1.165) is 38.4 Å². The summed E-state index contributed by atoms with van der Waals surface area (Å²) in [5.41, 5.74) is 6.13. The monoisotopic (exact) mass is 281 g/mol. The molecule has 0 aromatic rings. The molecule has 4 heteroatoms. The van der Waals surface area contributed by atoms with Gasteiger partial charge in [-0.15, -0.1) is 0 Å². The number of nitrogens with two attached hydrogens (primary N) is 1. The largest absolute Gasteiger partial charge is 0.355 e. The molecule has 0 aliphatic heterocycles. The molecular weight excluding hydrogens is 250 g/mol. The molecule has 2 fully saturated rings. The van der Waals surface area contributed by atoms with E-state index < -0.39 is 0 Å². The van der Waals surface area contributed by atoms with Gasteiger partial charge in [-0.2, -0.15) is 0 Å². The summed E-state index contributed by atoms with van der Waals surface area (Å²) < 4.78 is 0. The zero-order chi connectivity index (χ0) is 14.5. The molecule has 0 aromatic heterocycles. The van der Waals surface area contributed by atoms with Gasteiger partial charge in [0.1, 0.15) is 0 Å². The number of carbonyl (C=O) groups excluding carboxylic acids is 1. The minimum atomic E-state index is 0.0144. The Bertz CT molecular complexity index is 305. The zero-order valence-electron chi connectivity index (χ0n) is 13.1. The molecule has 0 spiro atoms. The van der Waals surface area contributed by atoms with Gasteiger partial charge in [0.25, 0.3) is 0 Å². The third-order valence-electron chi connectivity index (χ3n) is 5.29. The van der Waals surface area contributed by atoms with Gasteiger partial charge in [-0.1, -0.05) is 26.2 Å². The number of rotatable bonds is 5. The van der Waals surface area contributed by atoms with E-state index in [-0.39, 0.29) is 17.9 Å². The van der Waals surface area contributed by atoms with Crippen molar-refractivity contribution in [1.82, 2.24) is 10.2 Å². The Labute approximate surface area is 123 Å². The third-order valence-corrected chi connectivity index (χ3v) is 5.29. The van der Waals surface area contributed by atoms with Gasteiger partial charge in [-0.3, -0.25) is 4.79 Å². The summed E-state index contributed by atoms with van der Waals surface area (Å²) in [5, 5.41) is 3.11. The molecule has 116 valence electrons. The second-order valence-corrected chi connectivity index (χ2v) is 6.81. The summed E-state index contributed by atoms with van der Waals surface area (Å²) >= 11 is 0. The highest BCUT2D eigenvalue weighted by molar-refractivity contribution is 5.79. The van der Waals surface area contributed by atoms with Gasteiger partial charge < -0.3 is 16.0 Å². The van der Waals surface area contributed by atoms with Crippen LogP contribution in [0, 0.1) is 11.8 Å².